The van der Waals surface area contributed by atoms with Crippen molar-refractivity contribution in [2.45, 2.75) is 44.8 Å². The molecule has 0 aromatic heterocycles. The van der Waals surface area contributed by atoms with Crippen LogP contribution in [0.3, 0.4) is 0 Å². The molecule has 1 fully saturated rings. The van der Waals surface area contributed by atoms with Crippen LogP contribution in [0.2, 0.25) is 0 Å². The van der Waals surface area contributed by atoms with E-state index < -0.39 is 7.12 Å². The molecule has 98 valence electrons. The molecule has 0 aliphatic carbocycles. The molecular weight excluding hydrogens is 340 g/mol. The molecule has 1 aliphatic rings. The van der Waals surface area contributed by atoms with Crippen molar-refractivity contribution in [3.63, 3.8) is 0 Å². The molecule has 1 aromatic rings. The number of hydrogen-bond donors (Lipinski definition) is 1. The Kier molecular flexibility index (Phi) is 3.80. The van der Waals surface area contributed by atoms with Crippen LogP contribution in [0, 0.1) is 3.57 Å². The highest BCUT2D eigenvalue weighted by Gasteiger charge is 2.53. The van der Waals surface area contributed by atoms with E-state index in [2.05, 4.69) is 28.7 Å². The first-order valence-electron chi connectivity index (χ1n) is 6.10. The third-order valence-electron chi connectivity index (χ3n) is 3.80. The molecule has 1 atom stereocenters. The maximum atomic E-state index is 6.26. The average Bonchev–Trinajstić information content (AvgIpc) is 2.47. The van der Waals surface area contributed by atoms with Gasteiger partial charge in [-0.05, 0) is 68.0 Å². The molecule has 5 heteroatoms. The van der Waals surface area contributed by atoms with Gasteiger partial charge in [0.15, 0.2) is 0 Å². The van der Waals surface area contributed by atoms with Gasteiger partial charge in [-0.15, -0.1) is 0 Å². The van der Waals surface area contributed by atoms with E-state index in [0.717, 1.165) is 9.13 Å². The van der Waals surface area contributed by atoms with Crippen LogP contribution in [-0.2, 0) is 9.31 Å². The quantitative estimate of drug-likeness (QED) is 0.653. The van der Waals surface area contributed by atoms with Crippen molar-refractivity contribution in [3.05, 3.63) is 33.4 Å². The van der Waals surface area contributed by atoms with Crippen LogP contribution in [0.1, 0.15) is 39.2 Å². The number of rotatable bonds is 2. The lowest BCUT2D eigenvalue weighted by Crippen LogP contribution is -2.41. The summed E-state index contributed by atoms with van der Waals surface area (Å²) in [5.74, 6) is -0.263. The van der Waals surface area contributed by atoms with Gasteiger partial charge in [0.1, 0.15) is 0 Å². The number of nitrogens with two attached hydrogens (primary N) is 1. The topological polar surface area (TPSA) is 44.5 Å². The summed E-state index contributed by atoms with van der Waals surface area (Å²) in [4.78, 5) is 0. The van der Waals surface area contributed by atoms with E-state index in [0.29, 0.717) is 0 Å². The number of benzene rings is 1. The van der Waals surface area contributed by atoms with Gasteiger partial charge in [0.05, 0.1) is 17.1 Å². The Balaban J connectivity index is 2.20. The van der Waals surface area contributed by atoms with Gasteiger partial charge in [-0.3, -0.25) is 0 Å². The zero-order chi connectivity index (χ0) is 13.6. The molecule has 0 radical (unpaired) electrons. The summed E-state index contributed by atoms with van der Waals surface area (Å²) in [5.41, 5.74) is 6.63. The van der Waals surface area contributed by atoms with E-state index in [-0.39, 0.29) is 17.1 Å². The molecule has 1 heterocycles. The third-order valence-corrected chi connectivity index (χ3v) is 4.47. The van der Waals surface area contributed by atoms with Crippen LogP contribution in [0.15, 0.2) is 24.3 Å². The first-order chi connectivity index (χ1) is 8.23. The lowest BCUT2D eigenvalue weighted by atomic mass is 9.75. The minimum absolute atomic E-state index is 0.263. The summed E-state index contributed by atoms with van der Waals surface area (Å²) >= 11 is 2.28. The van der Waals surface area contributed by atoms with Gasteiger partial charge in [-0.25, -0.2) is 0 Å². The van der Waals surface area contributed by atoms with E-state index >= 15 is 0 Å². The lowest BCUT2D eigenvalue weighted by molar-refractivity contribution is 0.00578. The molecule has 1 saturated heterocycles. The summed E-state index contributed by atoms with van der Waals surface area (Å²) in [6.07, 6.45) is 0. The highest BCUT2D eigenvalue weighted by molar-refractivity contribution is 14.1. The first kappa shape index (κ1) is 14.3. The van der Waals surface area contributed by atoms with Crippen molar-refractivity contribution in [1.82, 2.24) is 0 Å². The molecule has 0 spiro atoms. The maximum Gasteiger partial charge on any atom is 0.480 e. The molecule has 0 bridgehead atoms. The summed E-state index contributed by atoms with van der Waals surface area (Å²) in [6.45, 7) is 8.14. The van der Waals surface area contributed by atoms with E-state index in [1.807, 2.05) is 45.9 Å². The van der Waals surface area contributed by atoms with E-state index in [9.17, 15) is 0 Å². The summed E-state index contributed by atoms with van der Waals surface area (Å²) in [7, 11) is -0.395. The Hall–Kier alpha value is -0.105. The van der Waals surface area contributed by atoms with E-state index in [1.165, 1.54) is 0 Å². The highest BCUT2D eigenvalue weighted by Crippen LogP contribution is 2.39. The van der Waals surface area contributed by atoms with Gasteiger partial charge in [0.25, 0.3) is 0 Å². The van der Waals surface area contributed by atoms with Crippen molar-refractivity contribution in [2.24, 2.45) is 5.73 Å². The van der Waals surface area contributed by atoms with Gasteiger partial charge in [-0.2, -0.15) is 0 Å². The second-order valence-corrected chi connectivity index (χ2v) is 6.95. The van der Waals surface area contributed by atoms with Gasteiger partial charge in [0.2, 0.25) is 0 Å². The molecule has 1 unspecified atom stereocenters. The Morgan fingerprint density at radius 1 is 1.17 bits per heavy atom. The zero-order valence-electron chi connectivity index (χ0n) is 11.2. The minimum atomic E-state index is -0.395. The van der Waals surface area contributed by atoms with Crippen molar-refractivity contribution in [3.8, 4) is 0 Å². The molecule has 0 saturated carbocycles. The molecule has 1 aliphatic heterocycles. The van der Waals surface area contributed by atoms with Gasteiger partial charge in [-0.1, -0.05) is 12.1 Å². The fourth-order valence-corrected chi connectivity index (χ4v) is 2.47. The smallest absolute Gasteiger partial charge is 0.402 e. The lowest BCUT2D eigenvalue weighted by Gasteiger charge is -2.32. The summed E-state index contributed by atoms with van der Waals surface area (Å²) in [6, 6.07) is 8.12. The van der Waals surface area contributed by atoms with E-state index in [1.54, 1.807) is 0 Å². The predicted molar refractivity (Wildman–Crippen MR) is 82.2 cm³/mol. The Labute approximate surface area is 123 Å². The SMILES string of the molecule is CC1(C)OB(C(N)c2cccc(I)c2)OC1(C)C. The van der Waals surface area contributed by atoms with Crippen LogP contribution in [0.25, 0.3) is 0 Å². The van der Waals surface area contributed by atoms with Crippen LogP contribution >= 0.6 is 22.6 Å². The molecule has 0 amide bonds. The van der Waals surface area contributed by atoms with Crippen molar-refractivity contribution < 1.29 is 9.31 Å². The maximum absolute atomic E-state index is 6.26. The molecule has 2 N–H and O–H groups in total. The number of hydrogen-bond acceptors (Lipinski definition) is 3. The fraction of sp³-hybridized carbons (Fsp3) is 0.538. The van der Waals surface area contributed by atoms with Crippen molar-refractivity contribution in [1.29, 1.82) is 0 Å². The van der Waals surface area contributed by atoms with Crippen LogP contribution in [-0.4, -0.2) is 18.3 Å². The first-order valence-corrected chi connectivity index (χ1v) is 7.17. The van der Waals surface area contributed by atoms with E-state index in [4.69, 9.17) is 15.0 Å². The second kappa shape index (κ2) is 4.78. The fourth-order valence-electron chi connectivity index (χ4n) is 1.91. The summed E-state index contributed by atoms with van der Waals surface area (Å²) < 4.78 is 13.1. The Bertz CT molecular complexity index is 434. The van der Waals surface area contributed by atoms with Crippen LogP contribution in [0.4, 0.5) is 0 Å². The van der Waals surface area contributed by atoms with Gasteiger partial charge in [0, 0.05) is 3.57 Å². The molecule has 18 heavy (non-hydrogen) atoms. The predicted octanol–water partition coefficient (Wildman–Crippen LogP) is 2.92. The monoisotopic (exact) mass is 359 g/mol. The third kappa shape index (κ3) is 2.59. The molecule has 2 rings (SSSR count). The Morgan fingerprint density at radius 2 is 1.72 bits per heavy atom. The standard InChI is InChI=1S/C13H19BINO2/c1-12(2)13(3,4)18-14(17-12)11(16)9-6-5-7-10(15)8-9/h5-8,11H,16H2,1-4H3. The molecule has 3 nitrogen and oxygen atoms in total. The molecular formula is C13H19BINO2. The minimum Gasteiger partial charge on any atom is -0.402 e. The van der Waals surface area contributed by atoms with Crippen molar-refractivity contribution in [2.75, 3.05) is 0 Å². The highest BCUT2D eigenvalue weighted by atomic mass is 127. The average molecular weight is 359 g/mol. The number of halogens is 1. The van der Waals surface area contributed by atoms with Crippen LogP contribution < -0.4 is 5.73 Å². The van der Waals surface area contributed by atoms with Gasteiger partial charge >= 0.3 is 7.12 Å². The Morgan fingerprint density at radius 3 is 2.22 bits per heavy atom. The van der Waals surface area contributed by atoms with Crippen LogP contribution in [0.5, 0.6) is 0 Å². The largest absolute Gasteiger partial charge is 0.480 e. The molecule has 1 aromatic carbocycles. The van der Waals surface area contributed by atoms with Crippen molar-refractivity contribution >= 4 is 29.7 Å². The van der Waals surface area contributed by atoms with Gasteiger partial charge < -0.3 is 15.0 Å². The normalized spacial score (nSPS) is 23.1. The summed E-state index contributed by atoms with van der Waals surface area (Å²) in [5, 5.41) is 0. The zero-order valence-corrected chi connectivity index (χ0v) is 13.4. The second-order valence-electron chi connectivity index (χ2n) is 5.71.